The molecule has 0 aliphatic carbocycles. The number of fused-ring (bicyclic) bond motifs is 1. The molecule has 2 aromatic rings. The number of nitrogens with zero attached hydrogens (tertiary/aromatic N) is 1. The van der Waals surface area contributed by atoms with Crippen LogP contribution >= 0.6 is 11.8 Å². The Balaban J connectivity index is 1.81. The molecule has 108 valence electrons. The number of esters is 1. The van der Waals surface area contributed by atoms with Crippen LogP contribution in [0.3, 0.4) is 0 Å². The zero-order chi connectivity index (χ0) is 14.7. The fourth-order valence-corrected chi connectivity index (χ4v) is 3.37. The van der Waals surface area contributed by atoms with Crippen LogP contribution in [0.5, 0.6) is 5.75 Å². The van der Waals surface area contributed by atoms with Crippen LogP contribution in [-0.2, 0) is 11.3 Å². The normalized spacial score (nSPS) is 13.1. The van der Waals surface area contributed by atoms with E-state index >= 15 is 0 Å². The summed E-state index contributed by atoms with van der Waals surface area (Å²) in [6.07, 6.45) is 0.386. The van der Waals surface area contributed by atoms with Gasteiger partial charge < -0.3 is 9.64 Å². The number of para-hydroxylation sites is 2. The molecular formula is C17H17NO2S. The highest BCUT2D eigenvalue weighted by Gasteiger charge is 2.20. The van der Waals surface area contributed by atoms with Crippen LogP contribution in [-0.4, -0.2) is 11.8 Å². The first-order valence-corrected chi connectivity index (χ1v) is 8.02. The lowest BCUT2D eigenvalue weighted by molar-refractivity contribution is -0.134. The lowest BCUT2D eigenvalue weighted by Crippen LogP contribution is -2.19. The maximum atomic E-state index is 11.5. The molecule has 0 spiro atoms. The Labute approximate surface area is 128 Å². The van der Waals surface area contributed by atoms with Crippen LogP contribution in [0.25, 0.3) is 0 Å². The zero-order valence-corrected chi connectivity index (χ0v) is 12.7. The summed E-state index contributed by atoms with van der Waals surface area (Å²) in [6, 6.07) is 16.1. The number of ether oxygens (including phenoxy) is 1. The highest BCUT2D eigenvalue weighted by molar-refractivity contribution is 7.99. The zero-order valence-electron chi connectivity index (χ0n) is 11.9. The monoisotopic (exact) mass is 299 g/mol. The number of hydrogen-bond acceptors (Lipinski definition) is 4. The number of carbonyl (C=O) groups excluding carboxylic acids is 1. The van der Waals surface area contributed by atoms with Crippen LogP contribution in [0, 0.1) is 0 Å². The van der Waals surface area contributed by atoms with Crippen molar-refractivity contribution in [3.63, 3.8) is 0 Å². The molecule has 3 rings (SSSR count). The van der Waals surface area contributed by atoms with E-state index in [2.05, 4.69) is 29.2 Å². The average molecular weight is 299 g/mol. The Morgan fingerprint density at radius 3 is 2.81 bits per heavy atom. The molecule has 0 atom stereocenters. The third-order valence-corrected chi connectivity index (χ3v) is 4.53. The summed E-state index contributed by atoms with van der Waals surface area (Å²) in [5.41, 5.74) is 2.29. The Morgan fingerprint density at radius 2 is 1.95 bits per heavy atom. The number of hydrogen-bond donors (Lipinski definition) is 0. The first kappa shape index (κ1) is 14.0. The van der Waals surface area contributed by atoms with Crippen molar-refractivity contribution in [1.29, 1.82) is 0 Å². The molecule has 0 unspecified atom stereocenters. The van der Waals surface area contributed by atoms with E-state index in [9.17, 15) is 4.79 Å². The van der Waals surface area contributed by atoms with Crippen molar-refractivity contribution in [2.75, 3.05) is 10.8 Å². The Kier molecular flexibility index (Phi) is 4.15. The molecule has 21 heavy (non-hydrogen) atoms. The van der Waals surface area contributed by atoms with Gasteiger partial charge in [0.2, 0.25) is 0 Å². The molecule has 1 aliphatic rings. The number of carbonyl (C=O) groups is 1. The van der Waals surface area contributed by atoms with Gasteiger partial charge >= 0.3 is 5.97 Å². The topological polar surface area (TPSA) is 29.5 Å². The van der Waals surface area contributed by atoms with Gasteiger partial charge in [0.15, 0.2) is 0 Å². The van der Waals surface area contributed by atoms with Crippen molar-refractivity contribution < 1.29 is 9.53 Å². The molecule has 0 N–H and O–H groups in total. The van der Waals surface area contributed by atoms with Crippen LogP contribution in [0.2, 0.25) is 0 Å². The summed E-state index contributed by atoms with van der Waals surface area (Å²) in [5, 5.41) is 0. The summed E-state index contributed by atoms with van der Waals surface area (Å²) in [7, 11) is 0. The van der Waals surface area contributed by atoms with E-state index in [-0.39, 0.29) is 5.97 Å². The molecule has 1 aliphatic heterocycles. The van der Waals surface area contributed by atoms with Gasteiger partial charge in [0.25, 0.3) is 0 Å². The highest BCUT2D eigenvalue weighted by Crippen LogP contribution is 2.39. The SMILES string of the molecule is CCC(=O)Oc1ccccc1CN1CSc2ccccc21. The van der Waals surface area contributed by atoms with Crippen molar-refractivity contribution in [2.24, 2.45) is 0 Å². The fourth-order valence-electron chi connectivity index (χ4n) is 2.32. The Bertz CT molecular complexity index is 657. The van der Waals surface area contributed by atoms with E-state index in [0.29, 0.717) is 12.2 Å². The van der Waals surface area contributed by atoms with E-state index in [1.54, 1.807) is 6.92 Å². The van der Waals surface area contributed by atoms with Gasteiger partial charge in [-0.05, 0) is 18.2 Å². The molecule has 0 amide bonds. The van der Waals surface area contributed by atoms with Crippen molar-refractivity contribution in [2.45, 2.75) is 24.8 Å². The highest BCUT2D eigenvalue weighted by atomic mass is 32.2. The fraction of sp³-hybridized carbons (Fsp3) is 0.235. The van der Waals surface area contributed by atoms with Gasteiger partial charge in [-0.15, -0.1) is 11.8 Å². The van der Waals surface area contributed by atoms with Gasteiger partial charge in [-0.1, -0.05) is 37.3 Å². The Hall–Kier alpha value is -1.94. The second kappa shape index (κ2) is 6.22. The molecule has 3 nitrogen and oxygen atoms in total. The average Bonchev–Trinajstić information content (AvgIpc) is 2.92. The smallest absolute Gasteiger partial charge is 0.310 e. The summed E-state index contributed by atoms with van der Waals surface area (Å²) in [6.45, 7) is 2.55. The standard InChI is InChI=1S/C17H17NO2S/c1-2-17(19)20-15-9-5-3-7-13(15)11-18-12-21-16-10-6-4-8-14(16)18/h3-10H,2,11-12H2,1H3. The number of thioether (sulfide) groups is 1. The van der Waals surface area contributed by atoms with E-state index in [4.69, 9.17) is 4.74 Å². The van der Waals surface area contributed by atoms with Crippen LogP contribution in [0.15, 0.2) is 53.4 Å². The van der Waals surface area contributed by atoms with Crippen LogP contribution < -0.4 is 9.64 Å². The third kappa shape index (κ3) is 3.05. The molecule has 2 aromatic carbocycles. The van der Waals surface area contributed by atoms with Gasteiger partial charge in [0.1, 0.15) is 5.75 Å². The maximum absolute atomic E-state index is 11.5. The molecule has 0 fully saturated rings. The minimum atomic E-state index is -0.196. The summed E-state index contributed by atoms with van der Waals surface area (Å²) >= 11 is 1.84. The molecule has 0 saturated carbocycles. The van der Waals surface area contributed by atoms with Crippen molar-refractivity contribution in [3.05, 3.63) is 54.1 Å². The van der Waals surface area contributed by atoms with E-state index in [1.165, 1.54) is 10.6 Å². The van der Waals surface area contributed by atoms with Gasteiger partial charge in [-0.25, -0.2) is 0 Å². The lowest BCUT2D eigenvalue weighted by Gasteiger charge is -2.20. The number of benzene rings is 2. The second-order valence-electron chi connectivity index (χ2n) is 4.87. The van der Waals surface area contributed by atoms with Crippen LogP contribution in [0.4, 0.5) is 5.69 Å². The quantitative estimate of drug-likeness (QED) is 0.628. The van der Waals surface area contributed by atoms with E-state index < -0.39 is 0 Å². The van der Waals surface area contributed by atoms with Crippen molar-refractivity contribution >= 4 is 23.4 Å². The minimum absolute atomic E-state index is 0.196. The largest absolute Gasteiger partial charge is 0.426 e. The third-order valence-electron chi connectivity index (χ3n) is 3.43. The van der Waals surface area contributed by atoms with Gasteiger partial charge in [0.05, 0.1) is 11.6 Å². The Morgan fingerprint density at radius 1 is 1.19 bits per heavy atom. The van der Waals surface area contributed by atoms with E-state index in [0.717, 1.165) is 18.0 Å². The van der Waals surface area contributed by atoms with Crippen molar-refractivity contribution in [1.82, 2.24) is 0 Å². The molecule has 4 heteroatoms. The van der Waals surface area contributed by atoms with Gasteiger partial charge in [0, 0.05) is 23.4 Å². The predicted molar refractivity (Wildman–Crippen MR) is 85.7 cm³/mol. The first-order valence-electron chi connectivity index (χ1n) is 7.03. The van der Waals surface area contributed by atoms with Crippen molar-refractivity contribution in [3.8, 4) is 5.75 Å². The van der Waals surface area contributed by atoms with Gasteiger partial charge in [-0.2, -0.15) is 0 Å². The second-order valence-corrected chi connectivity index (χ2v) is 5.86. The van der Waals surface area contributed by atoms with Crippen LogP contribution in [0.1, 0.15) is 18.9 Å². The molecule has 0 saturated heterocycles. The number of rotatable bonds is 4. The number of anilines is 1. The maximum Gasteiger partial charge on any atom is 0.310 e. The first-order chi connectivity index (χ1) is 10.3. The predicted octanol–water partition coefficient (Wildman–Crippen LogP) is 4.07. The molecule has 0 bridgehead atoms. The molecule has 0 aromatic heterocycles. The summed E-state index contributed by atoms with van der Waals surface area (Å²) < 4.78 is 5.42. The summed E-state index contributed by atoms with van der Waals surface area (Å²) in [5.74, 6) is 1.40. The van der Waals surface area contributed by atoms with Gasteiger partial charge in [-0.3, -0.25) is 4.79 Å². The lowest BCUT2D eigenvalue weighted by atomic mass is 10.2. The van der Waals surface area contributed by atoms with E-state index in [1.807, 2.05) is 36.0 Å². The molecule has 0 radical (unpaired) electrons. The summed E-state index contributed by atoms with van der Waals surface area (Å²) in [4.78, 5) is 15.1. The molecular weight excluding hydrogens is 282 g/mol. The minimum Gasteiger partial charge on any atom is -0.426 e. The molecule has 1 heterocycles.